The lowest BCUT2D eigenvalue weighted by atomic mass is 10.2. The van der Waals surface area contributed by atoms with E-state index < -0.39 is 10.0 Å². The van der Waals surface area contributed by atoms with E-state index in [1.165, 1.54) is 5.56 Å². The van der Waals surface area contributed by atoms with Crippen molar-refractivity contribution in [2.24, 2.45) is 0 Å². The van der Waals surface area contributed by atoms with Gasteiger partial charge in [0.15, 0.2) is 0 Å². The average Bonchev–Trinajstić information content (AvgIpc) is 2.68. The monoisotopic (exact) mass is 367 g/mol. The zero-order chi connectivity index (χ0) is 18.4. The summed E-state index contributed by atoms with van der Waals surface area (Å²) in [5, 5.41) is 0. The molecule has 0 saturated carbocycles. The molecule has 0 spiro atoms. The molecule has 0 unspecified atom stereocenters. The molecule has 0 aliphatic rings. The van der Waals surface area contributed by atoms with Crippen LogP contribution < -0.4 is 9.62 Å². The summed E-state index contributed by atoms with van der Waals surface area (Å²) in [6, 6.07) is 22.0. The van der Waals surface area contributed by atoms with Gasteiger partial charge in [0.05, 0.1) is 16.8 Å². The number of rotatable bonds is 7. The highest BCUT2D eigenvalue weighted by molar-refractivity contribution is 7.92. The van der Waals surface area contributed by atoms with Gasteiger partial charge in [-0.05, 0) is 36.8 Å². The molecule has 0 aliphatic carbocycles. The summed E-state index contributed by atoms with van der Waals surface area (Å²) in [7, 11) is -3.63. The second kappa shape index (κ2) is 8.01. The number of nitrogens with zero attached hydrogens (tertiary/aromatic N) is 2. The molecule has 0 bridgehead atoms. The van der Waals surface area contributed by atoms with Gasteiger partial charge in [0.1, 0.15) is 5.82 Å². The van der Waals surface area contributed by atoms with Gasteiger partial charge in [0, 0.05) is 13.1 Å². The highest BCUT2D eigenvalue weighted by Gasteiger charge is 2.14. The van der Waals surface area contributed by atoms with Crippen LogP contribution in [0.4, 0.5) is 11.5 Å². The lowest BCUT2D eigenvalue weighted by molar-refractivity contribution is 0.601. The van der Waals surface area contributed by atoms with E-state index in [0.717, 1.165) is 18.8 Å². The van der Waals surface area contributed by atoms with Gasteiger partial charge in [-0.25, -0.2) is 13.4 Å². The maximum Gasteiger partial charge on any atom is 0.263 e. The van der Waals surface area contributed by atoms with Crippen LogP contribution in [0.2, 0.25) is 0 Å². The van der Waals surface area contributed by atoms with Gasteiger partial charge in [0.25, 0.3) is 10.0 Å². The maximum atomic E-state index is 12.4. The summed E-state index contributed by atoms with van der Waals surface area (Å²) in [6.07, 6.45) is 1.69. The number of anilines is 2. The van der Waals surface area contributed by atoms with Gasteiger partial charge in [-0.2, -0.15) is 0 Å². The van der Waals surface area contributed by atoms with Gasteiger partial charge in [-0.1, -0.05) is 48.5 Å². The lowest BCUT2D eigenvalue weighted by Crippen LogP contribution is -2.22. The first-order chi connectivity index (χ1) is 12.6. The van der Waals surface area contributed by atoms with Crippen LogP contribution in [0.25, 0.3) is 0 Å². The summed E-state index contributed by atoms with van der Waals surface area (Å²) in [6.45, 7) is 3.68. The second-order valence-electron chi connectivity index (χ2n) is 5.82. The van der Waals surface area contributed by atoms with Gasteiger partial charge >= 0.3 is 0 Å². The van der Waals surface area contributed by atoms with Crippen molar-refractivity contribution in [2.75, 3.05) is 16.2 Å². The van der Waals surface area contributed by atoms with E-state index in [0.29, 0.717) is 5.82 Å². The third-order valence-electron chi connectivity index (χ3n) is 4.00. The van der Waals surface area contributed by atoms with Gasteiger partial charge < -0.3 is 4.90 Å². The molecule has 2 aromatic carbocycles. The van der Waals surface area contributed by atoms with Gasteiger partial charge in [-0.15, -0.1) is 0 Å². The van der Waals surface area contributed by atoms with Crippen molar-refractivity contribution in [1.29, 1.82) is 0 Å². The quantitative estimate of drug-likeness (QED) is 0.688. The zero-order valence-corrected chi connectivity index (χ0v) is 15.4. The number of nitrogens with one attached hydrogen (secondary N) is 1. The molecule has 6 heteroatoms. The largest absolute Gasteiger partial charge is 0.366 e. The van der Waals surface area contributed by atoms with E-state index in [-0.39, 0.29) is 4.90 Å². The molecular formula is C20H21N3O2S. The molecule has 3 rings (SSSR count). The maximum absolute atomic E-state index is 12.4. The Hall–Kier alpha value is -2.86. The van der Waals surface area contributed by atoms with Crippen LogP contribution in [0.1, 0.15) is 12.5 Å². The minimum absolute atomic E-state index is 0.213. The fourth-order valence-electron chi connectivity index (χ4n) is 2.62. The Kier molecular flexibility index (Phi) is 5.53. The van der Waals surface area contributed by atoms with Crippen molar-refractivity contribution in [3.63, 3.8) is 0 Å². The van der Waals surface area contributed by atoms with E-state index in [2.05, 4.69) is 33.7 Å². The Morgan fingerprint density at radius 3 is 2.15 bits per heavy atom. The molecule has 0 atom stereocenters. The van der Waals surface area contributed by atoms with Crippen LogP contribution in [0, 0.1) is 0 Å². The van der Waals surface area contributed by atoms with Gasteiger partial charge in [0.2, 0.25) is 0 Å². The standard InChI is InChI=1S/C20H21N3O2S/c1-2-23(16-17-9-5-3-6-10-17)18-13-14-20(21-15-18)22-26(24,25)19-11-7-4-8-12-19/h3-15H,2,16H2,1H3,(H,21,22). The predicted octanol–water partition coefficient (Wildman–Crippen LogP) is 3.91. The summed E-state index contributed by atoms with van der Waals surface area (Å²) in [5.74, 6) is 0.299. The van der Waals surface area contributed by atoms with Crippen LogP contribution in [0.15, 0.2) is 83.9 Å². The number of benzene rings is 2. The van der Waals surface area contributed by atoms with Crippen LogP contribution in [-0.4, -0.2) is 19.9 Å². The minimum Gasteiger partial charge on any atom is -0.366 e. The van der Waals surface area contributed by atoms with Crippen molar-refractivity contribution < 1.29 is 8.42 Å². The van der Waals surface area contributed by atoms with Crippen LogP contribution >= 0.6 is 0 Å². The SMILES string of the molecule is CCN(Cc1ccccc1)c1ccc(NS(=O)(=O)c2ccccc2)nc1. The molecular weight excluding hydrogens is 346 g/mol. The third kappa shape index (κ3) is 4.40. The van der Waals surface area contributed by atoms with Crippen molar-refractivity contribution in [2.45, 2.75) is 18.4 Å². The van der Waals surface area contributed by atoms with Crippen molar-refractivity contribution >= 4 is 21.5 Å². The first-order valence-electron chi connectivity index (χ1n) is 8.41. The van der Waals surface area contributed by atoms with E-state index >= 15 is 0 Å². The molecule has 134 valence electrons. The van der Waals surface area contributed by atoms with Crippen LogP contribution in [-0.2, 0) is 16.6 Å². The molecule has 0 radical (unpaired) electrons. The Bertz CT molecular complexity index is 928. The van der Waals surface area contributed by atoms with E-state index in [1.807, 2.05) is 24.3 Å². The Morgan fingerprint density at radius 2 is 1.58 bits per heavy atom. The zero-order valence-electron chi connectivity index (χ0n) is 14.5. The van der Waals surface area contributed by atoms with E-state index in [9.17, 15) is 8.42 Å². The van der Waals surface area contributed by atoms with E-state index in [1.54, 1.807) is 42.6 Å². The van der Waals surface area contributed by atoms with Crippen molar-refractivity contribution in [1.82, 2.24) is 4.98 Å². The first-order valence-corrected chi connectivity index (χ1v) is 9.89. The average molecular weight is 367 g/mol. The second-order valence-corrected chi connectivity index (χ2v) is 7.50. The highest BCUT2D eigenvalue weighted by Crippen LogP contribution is 2.19. The predicted molar refractivity (Wildman–Crippen MR) is 105 cm³/mol. The minimum atomic E-state index is -3.63. The Labute approximate surface area is 154 Å². The van der Waals surface area contributed by atoms with Crippen LogP contribution in [0.5, 0.6) is 0 Å². The fraction of sp³-hybridized carbons (Fsp3) is 0.150. The molecule has 1 N–H and O–H groups in total. The molecule has 0 saturated heterocycles. The smallest absolute Gasteiger partial charge is 0.263 e. The lowest BCUT2D eigenvalue weighted by Gasteiger charge is -2.23. The number of hydrogen-bond acceptors (Lipinski definition) is 4. The number of sulfonamides is 1. The molecule has 3 aromatic rings. The number of pyridine rings is 1. The third-order valence-corrected chi connectivity index (χ3v) is 5.37. The molecule has 1 heterocycles. The first kappa shape index (κ1) is 17.9. The van der Waals surface area contributed by atoms with Gasteiger partial charge in [-0.3, -0.25) is 4.72 Å². The fourth-order valence-corrected chi connectivity index (χ4v) is 3.65. The molecule has 0 aliphatic heterocycles. The van der Waals surface area contributed by atoms with Crippen molar-refractivity contribution in [3.05, 3.63) is 84.6 Å². The van der Waals surface area contributed by atoms with Crippen LogP contribution in [0.3, 0.4) is 0 Å². The normalized spacial score (nSPS) is 11.1. The summed E-state index contributed by atoms with van der Waals surface area (Å²) in [5.41, 5.74) is 2.15. The van der Waals surface area contributed by atoms with E-state index in [4.69, 9.17) is 0 Å². The topological polar surface area (TPSA) is 62.3 Å². The number of aromatic nitrogens is 1. The summed E-state index contributed by atoms with van der Waals surface area (Å²) in [4.78, 5) is 6.66. The molecule has 1 aromatic heterocycles. The molecule has 5 nitrogen and oxygen atoms in total. The Balaban J connectivity index is 1.73. The molecule has 0 amide bonds. The summed E-state index contributed by atoms with van der Waals surface area (Å²) < 4.78 is 27.2. The van der Waals surface area contributed by atoms with Crippen molar-refractivity contribution in [3.8, 4) is 0 Å². The number of hydrogen-bond donors (Lipinski definition) is 1. The summed E-state index contributed by atoms with van der Waals surface area (Å²) >= 11 is 0. The molecule has 0 fully saturated rings. The molecule has 26 heavy (non-hydrogen) atoms. The highest BCUT2D eigenvalue weighted by atomic mass is 32.2. The Morgan fingerprint density at radius 1 is 0.923 bits per heavy atom.